The van der Waals surface area contributed by atoms with Crippen LogP contribution in [0.1, 0.15) is 99.3 Å². The minimum Gasteiger partial charge on any atom is -0.346 e. The summed E-state index contributed by atoms with van der Waals surface area (Å²) in [5.41, 5.74) is -0.668. The first-order chi connectivity index (χ1) is 23.4. The zero-order valence-electron chi connectivity index (χ0n) is 30.9. The van der Waals surface area contributed by atoms with Crippen molar-refractivity contribution in [3.05, 3.63) is 12.7 Å². The van der Waals surface area contributed by atoms with E-state index in [1.165, 1.54) is 10.4 Å². The van der Waals surface area contributed by atoms with Crippen LogP contribution in [-0.4, -0.2) is 103 Å². The van der Waals surface area contributed by atoms with Crippen molar-refractivity contribution >= 4 is 39.6 Å². The third-order valence-electron chi connectivity index (χ3n) is 11.5. The van der Waals surface area contributed by atoms with E-state index in [9.17, 15) is 32.4 Å². The fourth-order valence-corrected chi connectivity index (χ4v) is 9.80. The Morgan fingerprint density at radius 1 is 0.980 bits per heavy atom. The van der Waals surface area contributed by atoms with Crippen LogP contribution in [-0.2, 0) is 29.2 Å². The number of nitrogens with zero attached hydrogens (tertiary/aromatic N) is 2. The second kappa shape index (κ2) is 16.1. The average Bonchev–Trinajstić information content (AvgIpc) is 3.36. The van der Waals surface area contributed by atoms with Gasteiger partial charge in [0.05, 0.1) is 11.8 Å². The third kappa shape index (κ3) is 9.07. The normalized spacial score (nSPS) is 26.4. The van der Waals surface area contributed by atoms with E-state index in [1.54, 1.807) is 4.90 Å². The monoisotopic (exact) mass is 720 g/mol. The highest BCUT2D eigenvalue weighted by Gasteiger charge is 2.69. The van der Waals surface area contributed by atoms with Crippen molar-refractivity contribution < 1.29 is 32.4 Å². The summed E-state index contributed by atoms with van der Waals surface area (Å²) < 4.78 is 27.1. The number of fused-ring (bicyclic) bond motifs is 1. The summed E-state index contributed by atoms with van der Waals surface area (Å²) >= 11 is 0. The fraction of sp³-hybridized carbons (Fsp3) is 0.806. The summed E-state index contributed by atoms with van der Waals surface area (Å²) in [7, 11) is -3.42. The number of hydrogen-bond donors (Lipinski definition) is 4. The molecule has 4 aliphatic rings. The van der Waals surface area contributed by atoms with E-state index in [-0.39, 0.29) is 54.3 Å². The zero-order chi connectivity index (χ0) is 37.0. The molecule has 4 N–H and O–H groups in total. The largest absolute Gasteiger partial charge is 0.346 e. The van der Waals surface area contributed by atoms with Gasteiger partial charge in [-0.25, -0.2) is 13.2 Å². The Morgan fingerprint density at radius 2 is 1.66 bits per heavy atom. The number of rotatable bonds is 14. The predicted octanol–water partition coefficient (Wildman–Crippen LogP) is 2.71. The quantitative estimate of drug-likeness (QED) is 0.158. The van der Waals surface area contributed by atoms with E-state index in [2.05, 4.69) is 41.7 Å². The molecule has 0 bridgehead atoms. The summed E-state index contributed by atoms with van der Waals surface area (Å²) in [6.07, 6.45) is 8.06. The second-order valence-corrected chi connectivity index (χ2v) is 18.5. The van der Waals surface area contributed by atoms with Crippen molar-refractivity contribution in [1.82, 2.24) is 30.5 Å². The highest BCUT2D eigenvalue weighted by Crippen LogP contribution is 2.65. The van der Waals surface area contributed by atoms with Crippen molar-refractivity contribution in [3.63, 3.8) is 0 Å². The molecular formula is C36H60N6O7S. The number of urea groups is 1. The number of hydrogen-bond acceptors (Lipinski definition) is 7. The van der Waals surface area contributed by atoms with Gasteiger partial charge in [-0.2, -0.15) is 4.31 Å². The number of ketones is 1. The van der Waals surface area contributed by atoms with Gasteiger partial charge >= 0.3 is 6.03 Å². The third-order valence-corrected chi connectivity index (χ3v) is 13.4. The van der Waals surface area contributed by atoms with Gasteiger partial charge < -0.3 is 26.2 Å². The van der Waals surface area contributed by atoms with Crippen LogP contribution >= 0.6 is 0 Å². The van der Waals surface area contributed by atoms with Gasteiger partial charge in [-0.15, -0.1) is 6.58 Å². The molecule has 0 aromatic rings. The molecule has 50 heavy (non-hydrogen) atoms. The average molecular weight is 721 g/mol. The van der Waals surface area contributed by atoms with Gasteiger partial charge in [0.2, 0.25) is 27.6 Å². The van der Waals surface area contributed by atoms with Gasteiger partial charge in [0.1, 0.15) is 12.1 Å². The number of likely N-dealkylation sites (tertiary alicyclic amines) is 1. The molecule has 6 atom stereocenters. The summed E-state index contributed by atoms with van der Waals surface area (Å²) in [5, 5.41) is 11.3. The molecule has 2 saturated heterocycles. The second-order valence-electron chi connectivity index (χ2n) is 16.4. The van der Waals surface area contributed by atoms with Gasteiger partial charge in [0.15, 0.2) is 0 Å². The van der Waals surface area contributed by atoms with E-state index in [0.29, 0.717) is 25.9 Å². The van der Waals surface area contributed by atoms with Crippen LogP contribution in [0.3, 0.4) is 0 Å². The van der Waals surface area contributed by atoms with Crippen molar-refractivity contribution in [2.24, 2.45) is 28.6 Å². The number of Topliss-reactive ketones (excluding diaryl/α,β-unsaturated/α-hetero) is 1. The molecule has 14 heteroatoms. The number of carbonyl (C=O) groups is 5. The van der Waals surface area contributed by atoms with Crippen LogP contribution in [0.25, 0.3) is 0 Å². The Hall–Kier alpha value is -3.00. The smallest absolute Gasteiger partial charge is 0.315 e. The lowest BCUT2D eigenvalue weighted by Crippen LogP contribution is -2.62. The molecule has 2 heterocycles. The molecular weight excluding hydrogens is 660 g/mol. The SMILES string of the molecule is C=CCNC(=O)C(=O)C(CCC)NC(=O)[C@@H]1[C@@H]2[C@H](CN1C(=O)[C@@H](NC(=O)N[C@H](CN1CCCCS1(=O)=O)C(C)(C)C)C1CCCCC1)C2(C)C. The van der Waals surface area contributed by atoms with Crippen LogP contribution in [0, 0.1) is 28.6 Å². The molecule has 2 saturated carbocycles. The number of piperidine rings is 1. The summed E-state index contributed by atoms with van der Waals surface area (Å²) in [6, 6.07) is -3.84. The van der Waals surface area contributed by atoms with Crippen LogP contribution < -0.4 is 21.3 Å². The Bertz CT molecular complexity index is 1400. The molecule has 2 aliphatic heterocycles. The Kier molecular flexibility index (Phi) is 12.8. The van der Waals surface area contributed by atoms with Crippen molar-refractivity contribution in [2.75, 3.05) is 31.9 Å². The lowest BCUT2D eigenvalue weighted by molar-refractivity contribution is -0.144. The molecule has 0 spiro atoms. The minimum atomic E-state index is -3.42. The topological polar surface area (TPSA) is 174 Å². The van der Waals surface area contributed by atoms with E-state index < -0.39 is 63.2 Å². The van der Waals surface area contributed by atoms with Crippen molar-refractivity contribution in [1.29, 1.82) is 0 Å². The fourth-order valence-electron chi connectivity index (χ4n) is 8.19. The first kappa shape index (κ1) is 39.8. The number of carbonyl (C=O) groups excluding carboxylic acids is 5. The van der Waals surface area contributed by atoms with Crippen molar-refractivity contribution in [3.8, 4) is 0 Å². The highest BCUT2D eigenvalue weighted by molar-refractivity contribution is 7.89. The molecule has 4 fully saturated rings. The maximum absolute atomic E-state index is 14.6. The predicted molar refractivity (Wildman–Crippen MR) is 191 cm³/mol. The lowest BCUT2D eigenvalue weighted by atomic mass is 9.83. The summed E-state index contributed by atoms with van der Waals surface area (Å²) in [6.45, 7) is 16.4. The van der Waals surface area contributed by atoms with E-state index >= 15 is 0 Å². The minimum absolute atomic E-state index is 0.0796. The number of nitrogens with one attached hydrogen (secondary N) is 4. The number of sulfonamides is 1. The molecule has 2 aliphatic carbocycles. The Morgan fingerprint density at radius 3 is 2.26 bits per heavy atom. The standard InChI is InChI=1S/C36H60N6O7S/c1-8-15-25(30(43)32(45)37-18-9-2)38-31(44)29-27-24(36(27,6)7)21-42(29)33(46)28(23-16-11-10-12-17-23)40-34(47)39-26(35(3,4)5)22-41-19-13-14-20-50(41,48)49/h9,23-29H,2,8,10-22H2,1,3-7H3,(H,37,45)(H,38,44)(H2,39,40,47)/t24-,25?,26+,27-,28-,29-/m0/s1. The lowest BCUT2D eigenvalue weighted by Gasteiger charge is -2.39. The highest BCUT2D eigenvalue weighted by atomic mass is 32.2. The molecule has 0 aromatic carbocycles. The molecule has 5 amide bonds. The maximum Gasteiger partial charge on any atom is 0.315 e. The molecule has 13 nitrogen and oxygen atoms in total. The van der Waals surface area contributed by atoms with Crippen LogP contribution in [0.2, 0.25) is 0 Å². The first-order valence-corrected chi connectivity index (χ1v) is 20.1. The molecule has 282 valence electrons. The van der Waals surface area contributed by atoms with Gasteiger partial charge in [-0.1, -0.05) is 73.3 Å². The Labute approximate surface area is 298 Å². The van der Waals surface area contributed by atoms with Crippen LogP contribution in [0.5, 0.6) is 0 Å². The zero-order valence-corrected chi connectivity index (χ0v) is 31.7. The maximum atomic E-state index is 14.6. The van der Waals surface area contributed by atoms with Crippen LogP contribution in [0.4, 0.5) is 4.79 Å². The van der Waals surface area contributed by atoms with Gasteiger partial charge in [-0.3, -0.25) is 19.2 Å². The van der Waals surface area contributed by atoms with E-state index in [4.69, 9.17) is 0 Å². The van der Waals surface area contributed by atoms with Gasteiger partial charge in [0, 0.05) is 32.2 Å². The molecule has 0 aromatic heterocycles. The van der Waals surface area contributed by atoms with Gasteiger partial charge in [-0.05, 0) is 60.7 Å². The van der Waals surface area contributed by atoms with Crippen LogP contribution in [0.15, 0.2) is 12.7 Å². The summed E-state index contributed by atoms with van der Waals surface area (Å²) in [5.74, 6) is -2.43. The molecule has 1 unspecified atom stereocenters. The van der Waals surface area contributed by atoms with E-state index in [1.807, 2.05) is 27.7 Å². The molecule has 4 rings (SSSR count). The van der Waals surface area contributed by atoms with Crippen molar-refractivity contribution in [2.45, 2.75) is 123 Å². The van der Waals surface area contributed by atoms with Gasteiger partial charge in [0.25, 0.3) is 5.91 Å². The van der Waals surface area contributed by atoms with E-state index in [0.717, 1.165) is 38.5 Å². The first-order valence-electron chi connectivity index (χ1n) is 18.5. The number of amides is 5. The summed E-state index contributed by atoms with van der Waals surface area (Å²) in [4.78, 5) is 69.6. The Balaban J connectivity index is 1.55. The molecule has 0 radical (unpaired) electrons.